The fourth-order valence-corrected chi connectivity index (χ4v) is 4.58. The quantitative estimate of drug-likeness (QED) is 0.835. The first-order valence-corrected chi connectivity index (χ1v) is 8.00. The van der Waals surface area contributed by atoms with Crippen LogP contribution in [0.15, 0.2) is 0 Å². The summed E-state index contributed by atoms with van der Waals surface area (Å²) in [5.41, 5.74) is 5.99. The van der Waals surface area contributed by atoms with Crippen LogP contribution in [-0.2, 0) is 9.53 Å². The number of rotatable bonds is 2. The molecule has 0 radical (unpaired) electrons. The van der Waals surface area contributed by atoms with Crippen molar-refractivity contribution >= 4 is 5.78 Å². The first kappa shape index (κ1) is 13.6. The zero-order chi connectivity index (χ0) is 13.5. The molecule has 1 aliphatic heterocycles. The summed E-state index contributed by atoms with van der Waals surface area (Å²) in [6, 6.07) is 0.0716. The maximum absolute atomic E-state index is 12.9. The highest BCUT2D eigenvalue weighted by atomic mass is 16.5. The van der Waals surface area contributed by atoms with Crippen LogP contribution in [0.25, 0.3) is 0 Å². The number of Topliss-reactive ketones (excluding diaryl/α,β-unsaturated/α-hetero) is 1. The average Bonchev–Trinajstić information content (AvgIpc) is 2.98. The molecule has 0 aromatic heterocycles. The van der Waals surface area contributed by atoms with Gasteiger partial charge in [-0.25, -0.2) is 0 Å². The molecule has 3 rings (SSSR count). The van der Waals surface area contributed by atoms with Gasteiger partial charge in [0.25, 0.3) is 0 Å². The highest BCUT2D eigenvalue weighted by Gasteiger charge is 2.49. The molecular weight excluding hydrogens is 238 g/mol. The third-order valence-electron chi connectivity index (χ3n) is 5.97. The predicted molar refractivity (Wildman–Crippen MR) is 74.8 cm³/mol. The lowest BCUT2D eigenvalue weighted by Gasteiger charge is -2.41. The fourth-order valence-electron chi connectivity index (χ4n) is 4.58. The van der Waals surface area contributed by atoms with E-state index in [1.165, 1.54) is 12.8 Å². The highest BCUT2D eigenvalue weighted by Crippen LogP contribution is 2.46. The smallest absolute Gasteiger partial charge is 0.143 e. The zero-order valence-corrected chi connectivity index (χ0v) is 12.1. The molecule has 1 spiro atoms. The molecule has 0 aromatic carbocycles. The summed E-state index contributed by atoms with van der Waals surface area (Å²) in [7, 11) is 0. The Balaban J connectivity index is 1.73. The molecule has 108 valence electrons. The lowest BCUT2D eigenvalue weighted by Crippen LogP contribution is -2.48. The molecule has 2 aliphatic carbocycles. The number of hydrogen-bond acceptors (Lipinski definition) is 3. The topological polar surface area (TPSA) is 52.3 Å². The van der Waals surface area contributed by atoms with Crippen LogP contribution in [0.4, 0.5) is 0 Å². The molecule has 3 unspecified atom stereocenters. The van der Waals surface area contributed by atoms with E-state index >= 15 is 0 Å². The number of hydrogen-bond donors (Lipinski definition) is 1. The van der Waals surface area contributed by atoms with Gasteiger partial charge in [0.2, 0.25) is 0 Å². The van der Waals surface area contributed by atoms with E-state index in [0.717, 1.165) is 51.6 Å². The van der Waals surface area contributed by atoms with E-state index in [1.54, 1.807) is 0 Å². The minimum absolute atomic E-state index is 0.0393. The number of ether oxygens (including phenoxy) is 1. The summed E-state index contributed by atoms with van der Waals surface area (Å²) in [5, 5.41) is 0. The summed E-state index contributed by atoms with van der Waals surface area (Å²) < 4.78 is 6.05. The molecule has 3 atom stereocenters. The molecule has 2 N–H and O–H groups in total. The third-order valence-corrected chi connectivity index (χ3v) is 5.97. The second-order valence-corrected chi connectivity index (χ2v) is 7.21. The van der Waals surface area contributed by atoms with Gasteiger partial charge in [-0.3, -0.25) is 4.79 Å². The molecule has 0 aromatic rings. The standard InChI is InChI=1S/C16H27NO2/c1-15(7-4-5-13(15)17)14(18)12-6-10-19-16(11-12)8-2-3-9-16/h12-13H,2-11,17H2,1H3. The molecule has 3 nitrogen and oxygen atoms in total. The number of carbonyl (C=O) groups is 1. The van der Waals surface area contributed by atoms with Gasteiger partial charge in [0.15, 0.2) is 0 Å². The van der Waals surface area contributed by atoms with E-state index in [2.05, 4.69) is 6.92 Å². The Kier molecular flexibility index (Phi) is 3.46. The molecular formula is C16H27NO2. The van der Waals surface area contributed by atoms with Crippen molar-refractivity contribution in [2.45, 2.75) is 76.4 Å². The molecule has 3 heteroatoms. The minimum Gasteiger partial charge on any atom is -0.375 e. The maximum Gasteiger partial charge on any atom is 0.143 e. The van der Waals surface area contributed by atoms with Crippen molar-refractivity contribution in [1.82, 2.24) is 0 Å². The van der Waals surface area contributed by atoms with Crippen LogP contribution in [-0.4, -0.2) is 24.0 Å². The van der Waals surface area contributed by atoms with Gasteiger partial charge in [0.1, 0.15) is 5.78 Å². The Morgan fingerprint density at radius 2 is 1.89 bits per heavy atom. The van der Waals surface area contributed by atoms with E-state index in [9.17, 15) is 4.79 Å². The SMILES string of the molecule is CC1(C(=O)C2CCOC3(CCCC3)C2)CCCC1N. The van der Waals surface area contributed by atoms with E-state index < -0.39 is 0 Å². The van der Waals surface area contributed by atoms with Crippen LogP contribution in [0.5, 0.6) is 0 Å². The number of carbonyl (C=O) groups excluding carboxylic acids is 1. The molecule has 19 heavy (non-hydrogen) atoms. The minimum atomic E-state index is -0.262. The fraction of sp³-hybridized carbons (Fsp3) is 0.938. The lowest BCUT2D eigenvalue weighted by molar-refractivity contribution is -0.145. The van der Waals surface area contributed by atoms with Crippen LogP contribution >= 0.6 is 0 Å². The first-order chi connectivity index (χ1) is 9.06. The van der Waals surface area contributed by atoms with Crippen LogP contribution in [0.3, 0.4) is 0 Å². The average molecular weight is 265 g/mol. The summed E-state index contributed by atoms with van der Waals surface area (Å²) in [6.07, 6.45) is 9.79. The van der Waals surface area contributed by atoms with Crippen molar-refractivity contribution in [1.29, 1.82) is 0 Å². The van der Waals surface area contributed by atoms with Crippen molar-refractivity contribution in [3.8, 4) is 0 Å². The Bertz CT molecular complexity index is 362. The molecule has 0 amide bonds. The predicted octanol–water partition coefficient (Wildman–Crippen LogP) is 2.81. The summed E-state index contributed by atoms with van der Waals surface area (Å²) in [5.74, 6) is 0.632. The maximum atomic E-state index is 12.9. The van der Waals surface area contributed by atoms with Crippen molar-refractivity contribution < 1.29 is 9.53 Å². The molecule has 1 heterocycles. The Labute approximate surface area is 116 Å². The number of nitrogens with two attached hydrogens (primary N) is 1. The third kappa shape index (κ3) is 2.25. The van der Waals surface area contributed by atoms with E-state index in [1.807, 2.05) is 0 Å². The monoisotopic (exact) mass is 265 g/mol. The van der Waals surface area contributed by atoms with E-state index in [0.29, 0.717) is 5.78 Å². The summed E-state index contributed by atoms with van der Waals surface area (Å²) in [6.45, 7) is 2.87. The van der Waals surface area contributed by atoms with Gasteiger partial charge in [-0.1, -0.05) is 26.2 Å². The second kappa shape index (κ2) is 4.85. The molecule has 2 saturated carbocycles. The van der Waals surface area contributed by atoms with Gasteiger partial charge in [-0.15, -0.1) is 0 Å². The normalized spacial score (nSPS) is 41.8. The van der Waals surface area contributed by atoms with Crippen molar-refractivity contribution in [2.24, 2.45) is 17.1 Å². The number of ketones is 1. The lowest BCUT2D eigenvalue weighted by atomic mass is 9.71. The molecule has 0 bridgehead atoms. The molecule has 1 saturated heterocycles. The van der Waals surface area contributed by atoms with Gasteiger partial charge in [0, 0.05) is 24.0 Å². The Morgan fingerprint density at radius 1 is 1.16 bits per heavy atom. The van der Waals surface area contributed by atoms with Crippen LogP contribution in [0.2, 0.25) is 0 Å². The molecule has 3 fully saturated rings. The van der Waals surface area contributed by atoms with Gasteiger partial charge in [0.05, 0.1) is 5.60 Å². The van der Waals surface area contributed by atoms with Crippen molar-refractivity contribution in [3.05, 3.63) is 0 Å². The van der Waals surface area contributed by atoms with Gasteiger partial charge in [-0.2, -0.15) is 0 Å². The zero-order valence-electron chi connectivity index (χ0n) is 12.1. The first-order valence-electron chi connectivity index (χ1n) is 8.00. The van der Waals surface area contributed by atoms with Gasteiger partial charge >= 0.3 is 0 Å². The Morgan fingerprint density at radius 3 is 2.53 bits per heavy atom. The molecule has 3 aliphatic rings. The van der Waals surface area contributed by atoms with Crippen LogP contribution < -0.4 is 5.73 Å². The van der Waals surface area contributed by atoms with Crippen LogP contribution in [0.1, 0.15) is 64.7 Å². The largest absolute Gasteiger partial charge is 0.375 e. The summed E-state index contributed by atoms with van der Waals surface area (Å²) in [4.78, 5) is 12.9. The van der Waals surface area contributed by atoms with Crippen molar-refractivity contribution in [3.63, 3.8) is 0 Å². The highest BCUT2D eigenvalue weighted by molar-refractivity contribution is 5.88. The van der Waals surface area contributed by atoms with Crippen LogP contribution in [0, 0.1) is 11.3 Å². The Hall–Kier alpha value is -0.410. The van der Waals surface area contributed by atoms with Crippen molar-refractivity contribution in [2.75, 3.05) is 6.61 Å². The summed E-state index contributed by atoms with van der Waals surface area (Å²) >= 11 is 0. The van der Waals surface area contributed by atoms with E-state index in [4.69, 9.17) is 10.5 Å². The van der Waals surface area contributed by atoms with E-state index in [-0.39, 0.29) is 23.0 Å². The van der Waals surface area contributed by atoms with Gasteiger partial charge in [-0.05, 0) is 38.5 Å². The second-order valence-electron chi connectivity index (χ2n) is 7.21. The van der Waals surface area contributed by atoms with Gasteiger partial charge < -0.3 is 10.5 Å².